The summed E-state index contributed by atoms with van der Waals surface area (Å²) in [5.41, 5.74) is -4.01. The summed E-state index contributed by atoms with van der Waals surface area (Å²) in [6, 6.07) is -1.16. The predicted molar refractivity (Wildman–Crippen MR) is 186 cm³/mol. The number of nitrogens with one attached hydrogen (secondary N) is 3. The van der Waals surface area contributed by atoms with Crippen LogP contribution < -0.4 is 24.8 Å². The minimum atomic E-state index is -5.14. The van der Waals surface area contributed by atoms with E-state index in [4.69, 9.17) is 9.47 Å². The molecule has 1 aromatic carbocycles. The van der Waals surface area contributed by atoms with E-state index in [1.165, 1.54) is 6.92 Å². The number of carbonyl (C=O) groups is 4. The summed E-state index contributed by atoms with van der Waals surface area (Å²) in [6.07, 6.45) is -2.69. The Labute approximate surface area is 313 Å². The van der Waals surface area contributed by atoms with Crippen molar-refractivity contribution in [1.29, 1.82) is 0 Å². The van der Waals surface area contributed by atoms with E-state index in [9.17, 15) is 50.3 Å². The van der Waals surface area contributed by atoms with Crippen molar-refractivity contribution in [2.75, 3.05) is 13.7 Å². The van der Waals surface area contributed by atoms with E-state index in [1.807, 2.05) is 13.0 Å². The van der Waals surface area contributed by atoms with Gasteiger partial charge in [0.05, 0.1) is 29.4 Å². The Morgan fingerprint density at radius 1 is 1.11 bits per heavy atom. The van der Waals surface area contributed by atoms with E-state index in [-0.39, 0.29) is 23.6 Å². The number of hydrogen-bond acceptors (Lipinski definition) is 10. The molecule has 3 fully saturated rings. The molecule has 1 aromatic heterocycles. The minimum absolute atomic E-state index is 0.0167. The van der Waals surface area contributed by atoms with Crippen LogP contribution in [0.2, 0.25) is 0 Å². The van der Waals surface area contributed by atoms with E-state index < -0.39 is 116 Å². The highest BCUT2D eigenvalue weighted by atomic mass is 32.2. The summed E-state index contributed by atoms with van der Waals surface area (Å²) in [5, 5.41) is 14.6. The van der Waals surface area contributed by atoms with Gasteiger partial charge in [0.15, 0.2) is 11.6 Å². The summed E-state index contributed by atoms with van der Waals surface area (Å²) in [6.45, 7) is 4.55. The van der Waals surface area contributed by atoms with Crippen molar-refractivity contribution in [2.24, 2.45) is 17.8 Å². The number of aromatic nitrogens is 2. The second-order valence-corrected chi connectivity index (χ2v) is 17.4. The number of carbonyl (C=O) groups excluding carboxylic acids is 3. The van der Waals surface area contributed by atoms with Crippen LogP contribution in [0.4, 0.5) is 22.4 Å². The molecule has 4 aliphatic rings. The van der Waals surface area contributed by atoms with E-state index in [2.05, 4.69) is 25.3 Å². The van der Waals surface area contributed by atoms with Crippen LogP contribution in [0, 0.1) is 23.6 Å². The third kappa shape index (κ3) is 8.00. The van der Waals surface area contributed by atoms with Gasteiger partial charge < -0.3 is 30.1 Å². The number of amides is 4. The molecule has 6 rings (SSSR count). The monoisotopic (exact) mass is 798 g/mol. The van der Waals surface area contributed by atoms with Crippen LogP contribution in [-0.4, -0.2) is 94.3 Å². The smallest absolute Gasteiger partial charge is 0.438 e. The number of halogens is 4. The highest BCUT2D eigenvalue weighted by Gasteiger charge is 2.63. The lowest BCUT2D eigenvalue weighted by molar-refractivity contribution is -0.143. The van der Waals surface area contributed by atoms with Gasteiger partial charge in [0.1, 0.15) is 23.7 Å². The molecule has 300 valence electrons. The second-order valence-electron chi connectivity index (χ2n) is 15.2. The number of alkyl halides is 3. The molecule has 20 heteroatoms. The van der Waals surface area contributed by atoms with Gasteiger partial charge in [-0.2, -0.15) is 13.2 Å². The normalized spacial score (nSPS) is 29.6. The average molecular weight is 799 g/mol. The Kier molecular flexibility index (Phi) is 10.4. The van der Waals surface area contributed by atoms with Crippen molar-refractivity contribution >= 4 is 44.9 Å². The van der Waals surface area contributed by atoms with E-state index >= 15 is 0 Å². The van der Waals surface area contributed by atoms with Crippen LogP contribution >= 0.6 is 0 Å². The molecule has 2 saturated carbocycles. The Morgan fingerprint density at radius 2 is 1.80 bits per heavy atom. The Hall–Kier alpha value is -4.75. The molecule has 7 atom stereocenters. The maximum absolute atomic E-state index is 14.4. The van der Waals surface area contributed by atoms with Crippen molar-refractivity contribution in [3.63, 3.8) is 0 Å². The zero-order valence-electron chi connectivity index (χ0n) is 30.4. The highest BCUT2D eigenvalue weighted by Crippen LogP contribution is 2.48. The number of methoxy groups -OCH3 is 1. The number of allylic oxidation sites excluding steroid dienone is 1. The van der Waals surface area contributed by atoms with Crippen LogP contribution in [0.15, 0.2) is 24.3 Å². The standard InChI is InChI=1S/C35H42F4N6O9S/c1-17-7-5-6-8-19-15-34(19,31(48)44-55(51,52)33(3)9-10-33)43-28(46)24-12-20(16-45(24)30(47)26(18(2)11-17)42-32(49)50)54-29-27(35(37,38)39)40-22-13-21(36)25(53-4)14-23(22)41-29/h6,8,13-14,17-20,24,26,42H,5,7,9-12,15-16H2,1-4H3,(H,43,46)(H,44,48)(H,49,50)/t17-,18-,19-,20-,24+,26+,34-/m1/s1. The van der Waals surface area contributed by atoms with Crippen molar-refractivity contribution in [2.45, 2.75) is 100 Å². The van der Waals surface area contributed by atoms with Crippen LogP contribution in [0.1, 0.15) is 71.4 Å². The van der Waals surface area contributed by atoms with Crippen molar-refractivity contribution < 1.29 is 59.7 Å². The third-order valence-electron chi connectivity index (χ3n) is 11.0. The number of rotatable bonds is 7. The molecular weight excluding hydrogens is 756 g/mol. The molecule has 0 radical (unpaired) electrons. The summed E-state index contributed by atoms with van der Waals surface area (Å²) >= 11 is 0. The predicted octanol–water partition coefficient (Wildman–Crippen LogP) is 3.67. The maximum Gasteiger partial charge on any atom is 0.438 e. The van der Waals surface area contributed by atoms with Gasteiger partial charge in [0.2, 0.25) is 33.4 Å². The van der Waals surface area contributed by atoms with Gasteiger partial charge in [-0.3, -0.25) is 19.1 Å². The summed E-state index contributed by atoms with van der Waals surface area (Å²) < 4.78 is 95.1. The zero-order chi connectivity index (χ0) is 40.2. The zero-order valence-corrected chi connectivity index (χ0v) is 31.2. The topological polar surface area (TPSA) is 206 Å². The molecular formula is C35H42F4N6O9S. The van der Waals surface area contributed by atoms with Crippen molar-refractivity contribution in [3.05, 3.63) is 35.8 Å². The quantitative estimate of drug-likeness (QED) is 0.235. The molecule has 0 bridgehead atoms. The van der Waals surface area contributed by atoms with Gasteiger partial charge in [0, 0.05) is 24.5 Å². The lowest BCUT2D eigenvalue weighted by atomic mass is 9.88. The number of nitrogens with zero attached hydrogens (tertiary/aromatic N) is 3. The number of fused-ring (bicyclic) bond motifs is 3. The van der Waals surface area contributed by atoms with Gasteiger partial charge in [-0.25, -0.2) is 27.6 Å². The first kappa shape index (κ1) is 39.9. The molecule has 15 nitrogen and oxygen atoms in total. The Bertz CT molecular complexity index is 2050. The van der Waals surface area contributed by atoms with Gasteiger partial charge >= 0.3 is 12.3 Å². The van der Waals surface area contributed by atoms with Crippen LogP contribution in [-0.2, 0) is 30.6 Å². The lowest BCUT2D eigenvalue weighted by Crippen LogP contribution is -2.59. The molecule has 0 unspecified atom stereocenters. The highest BCUT2D eigenvalue weighted by molar-refractivity contribution is 7.91. The van der Waals surface area contributed by atoms with Gasteiger partial charge in [-0.15, -0.1) is 0 Å². The van der Waals surface area contributed by atoms with Gasteiger partial charge in [-0.05, 0) is 57.3 Å². The largest absolute Gasteiger partial charge is 0.494 e. The molecule has 2 aliphatic heterocycles. The number of hydrogen-bond donors (Lipinski definition) is 4. The molecule has 3 heterocycles. The minimum Gasteiger partial charge on any atom is -0.494 e. The van der Waals surface area contributed by atoms with Crippen LogP contribution in [0.3, 0.4) is 0 Å². The van der Waals surface area contributed by atoms with Crippen molar-refractivity contribution in [3.8, 4) is 11.6 Å². The number of sulfonamides is 1. The van der Waals surface area contributed by atoms with Gasteiger partial charge in [0.25, 0.3) is 5.91 Å². The fourth-order valence-electron chi connectivity index (χ4n) is 7.35. The molecule has 2 aliphatic carbocycles. The van der Waals surface area contributed by atoms with Crippen molar-refractivity contribution in [1.82, 2.24) is 30.2 Å². The Balaban J connectivity index is 1.37. The summed E-state index contributed by atoms with van der Waals surface area (Å²) in [4.78, 5) is 62.8. The van der Waals surface area contributed by atoms with E-state index in [0.29, 0.717) is 32.1 Å². The van der Waals surface area contributed by atoms with E-state index in [1.54, 1.807) is 13.0 Å². The molecule has 0 spiro atoms. The first-order valence-electron chi connectivity index (χ1n) is 17.8. The average Bonchev–Trinajstić information content (AvgIpc) is 3.97. The number of ether oxygens (including phenoxy) is 2. The lowest BCUT2D eigenvalue weighted by Gasteiger charge is -2.32. The summed E-state index contributed by atoms with van der Waals surface area (Å²) in [5.74, 6) is -6.36. The third-order valence-corrected chi connectivity index (χ3v) is 13.1. The fourth-order valence-corrected chi connectivity index (χ4v) is 8.67. The molecule has 1 saturated heterocycles. The van der Waals surface area contributed by atoms with Crippen LogP contribution in [0.25, 0.3) is 11.0 Å². The fraction of sp³-hybridized carbons (Fsp3) is 0.600. The molecule has 4 N–H and O–H groups in total. The molecule has 2 aromatic rings. The summed E-state index contributed by atoms with van der Waals surface area (Å²) in [7, 11) is -2.98. The van der Waals surface area contributed by atoms with Crippen LogP contribution in [0.5, 0.6) is 11.6 Å². The first-order valence-corrected chi connectivity index (χ1v) is 19.3. The number of carboxylic acid groups (broad SMARTS) is 1. The maximum atomic E-state index is 14.4. The molecule has 4 amide bonds. The molecule has 55 heavy (non-hydrogen) atoms. The first-order chi connectivity index (χ1) is 25.7. The SMILES string of the molecule is COc1cc2nc(O[C@@H]3C[C@H]4C(=O)N[C@]5(C(=O)NS(=O)(=O)C6(C)CC6)C[C@H]5C=CCC[C@@H](C)C[C@@H](C)[C@H](NC(=O)O)C(=O)N4C3)c(C(F)(F)F)nc2cc1F. The number of benzene rings is 1. The van der Waals surface area contributed by atoms with E-state index in [0.717, 1.165) is 24.1 Å². The van der Waals surface area contributed by atoms with Gasteiger partial charge in [-0.1, -0.05) is 26.0 Å². The second kappa shape index (κ2) is 14.4. The Morgan fingerprint density at radius 3 is 2.44 bits per heavy atom.